The molecule has 88 valence electrons. The van der Waals surface area contributed by atoms with Gasteiger partial charge in [-0.25, -0.2) is 13.6 Å². The van der Waals surface area contributed by atoms with Gasteiger partial charge in [-0.1, -0.05) is 6.07 Å². The monoisotopic (exact) mass is 229 g/mol. The number of carboxylic acid groups (broad SMARTS) is 1. The minimum atomic E-state index is -1.38. The smallest absolute Gasteiger partial charge is 0.328 e. The van der Waals surface area contributed by atoms with Crippen molar-refractivity contribution in [3.63, 3.8) is 0 Å². The molecule has 1 N–H and O–H groups in total. The summed E-state index contributed by atoms with van der Waals surface area (Å²) in [5, 5.41) is 9.16. The molecule has 0 radical (unpaired) electrons. The number of benzene rings is 1. The van der Waals surface area contributed by atoms with E-state index in [-0.39, 0.29) is 5.56 Å². The molecule has 16 heavy (non-hydrogen) atoms. The lowest BCUT2D eigenvalue weighted by molar-refractivity contribution is -0.149. The summed E-state index contributed by atoms with van der Waals surface area (Å²) in [6.45, 7) is 1.43. The first-order valence-electron chi connectivity index (χ1n) is 4.66. The van der Waals surface area contributed by atoms with Gasteiger partial charge >= 0.3 is 5.97 Å². The molecule has 1 aromatic carbocycles. The topological polar surface area (TPSA) is 40.5 Å². The minimum absolute atomic E-state index is 0.198. The largest absolute Gasteiger partial charge is 0.480 e. The zero-order chi connectivity index (χ0) is 12.5. The Kier molecular flexibility index (Phi) is 3.28. The lowest BCUT2D eigenvalue weighted by atomic mass is 9.91. The van der Waals surface area contributed by atoms with E-state index in [1.807, 2.05) is 0 Å². The van der Waals surface area contributed by atoms with E-state index in [1.165, 1.54) is 17.9 Å². The van der Waals surface area contributed by atoms with Crippen molar-refractivity contribution in [2.75, 3.05) is 14.1 Å². The highest BCUT2D eigenvalue weighted by molar-refractivity contribution is 5.80. The summed E-state index contributed by atoms with van der Waals surface area (Å²) in [5.74, 6) is -3.16. The zero-order valence-electron chi connectivity index (χ0n) is 9.29. The van der Waals surface area contributed by atoms with Crippen LogP contribution in [-0.2, 0) is 10.3 Å². The van der Waals surface area contributed by atoms with Crippen molar-refractivity contribution in [3.05, 3.63) is 35.4 Å². The number of rotatable bonds is 3. The highest BCUT2D eigenvalue weighted by Crippen LogP contribution is 2.27. The zero-order valence-corrected chi connectivity index (χ0v) is 9.29. The minimum Gasteiger partial charge on any atom is -0.480 e. The van der Waals surface area contributed by atoms with Crippen LogP contribution in [0.3, 0.4) is 0 Å². The first-order valence-corrected chi connectivity index (χ1v) is 4.66. The quantitative estimate of drug-likeness (QED) is 0.859. The number of hydrogen-bond donors (Lipinski definition) is 1. The molecule has 3 nitrogen and oxygen atoms in total. The SMILES string of the molecule is CN(C)C(C)(C(=O)O)c1ccc(F)c(F)c1. The van der Waals surface area contributed by atoms with Gasteiger partial charge in [-0.15, -0.1) is 0 Å². The molecule has 0 heterocycles. The van der Waals surface area contributed by atoms with E-state index < -0.39 is 23.1 Å². The molecule has 0 saturated carbocycles. The van der Waals surface area contributed by atoms with E-state index in [9.17, 15) is 13.6 Å². The maximum absolute atomic E-state index is 13.0. The van der Waals surface area contributed by atoms with Gasteiger partial charge in [-0.05, 0) is 38.7 Å². The van der Waals surface area contributed by atoms with Crippen LogP contribution in [0.1, 0.15) is 12.5 Å². The van der Waals surface area contributed by atoms with Gasteiger partial charge in [-0.3, -0.25) is 4.90 Å². The van der Waals surface area contributed by atoms with Crippen molar-refractivity contribution >= 4 is 5.97 Å². The third-order valence-corrected chi connectivity index (χ3v) is 2.79. The Hall–Kier alpha value is -1.49. The van der Waals surface area contributed by atoms with Gasteiger partial charge in [0.2, 0.25) is 0 Å². The van der Waals surface area contributed by atoms with Crippen LogP contribution in [0.15, 0.2) is 18.2 Å². The Morgan fingerprint density at radius 1 is 1.31 bits per heavy atom. The van der Waals surface area contributed by atoms with E-state index in [1.54, 1.807) is 14.1 Å². The summed E-state index contributed by atoms with van der Waals surface area (Å²) in [4.78, 5) is 12.6. The summed E-state index contributed by atoms with van der Waals surface area (Å²) < 4.78 is 25.8. The Balaban J connectivity index is 3.33. The fourth-order valence-electron chi connectivity index (χ4n) is 1.37. The van der Waals surface area contributed by atoms with Crippen LogP contribution in [0.5, 0.6) is 0 Å². The maximum atomic E-state index is 13.0. The van der Waals surface area contributed by atoms with Gasteiger partial charge < -0.3 is 5.11 Å². The molecule has 0 aromatic heterocycles. The second-order valence-electron chi connectivity index (χ2n) is 3.90. The van der Waals surface area contributed by atoms with E-state index in [0.717, 1.165) is 12.1 Å². The average Bonchev–Trinajstić information content (AvgIpc) is 2.20. The van der Waals surface area contributed by atoms with Crippen molar-refractivity contribution in [1.82, 2.24) is 4.90 Å². The van der Waals surface area contributed by atoms with Gasteiger partial charge in [-0.2, -0.15) is 0 Å². The van der Waals surface area contributed by atoms with Gasteiger partial charge in [0.05, 0.1) is 0 Å². The van der Waals surface area contributed by atoms with Crippen LogP contribution in [0.2, 0.25) is 0 Å². The molecule has 0 fully saturated rings. The van der Waals surface area contributed by atoms with Gasteiger partial charge in [0.1, 0.15) is 5.54 Å². The summed E-state index contributed by atoms with van der Waals surface area (Å²) in [5.41, 5.74) is -1.18. The van der Waals surface area contributed by atoms with Crippen molar-refractivity contribution in [3.8, 4) is 0 Å². The van der Waals surface area contributed by atoms with Crippen LogP contribution < -0.4 is 0 Å². The molecule has 5 heteroatoms. The van der Waals surface area contributed by atoms with Crippen molar-refractivity contribution in [2.45, 2.75) is 12.5 Å². The van der Waals surface area contributed by atoms with Crippen molar-refractivity contribution in [2.24, 2.45) is 0 Å². The average molecular weight is 229 g/mol. The summed E-state index contributed by atoms with van der Waals surface area (Å²) >= 11 is 0. The molecule has 1 atom stereocenters. The van der Waals surface area contributed by atoms with Gasteiger partial charge in [0, 0.05) is 0 Å². The predicted molar refractivity (Wildman–Crippen MR) is 55.0 cm³/mol. The highest BCUT2D eigenvalue weighted by Gasteiger charge is 2.38. The second kappa shape index (κ2) is 4.17. The van der Waals surface area contributed by atoms with Gasteiger partial charge in [0.25, 0.3) is 0 Å². The molecule has 1 rings (SSSR count). The molecule has 0 aliphatic rings. The molecule has 1 aromatic rings. The molecule has 0 aliphatic heterocycles. The van der Waals surface area contributed by atoms with E-state index in [0.29, 0.717) is 0 Å². The van der Waals surface area contributed by atoms with E-state index in [2.05, 4.69) is 0 Å². The number of likely N-dealkylation sites (N-methyl/N-ethyl adjacent to an activating group) is 1. The number of aliphatic carboxylic acids is 1. The number of nitrogens with zero attached hydrogens (tertiary/aromatic N) is 1. The third kappa shape index (κ3) is 1.90. The number of carboxylic acids is 1. The summed E-state index contributed by atoms with van der Waals surface area (Å²) in [6.07, 6.45) is 0. The molecule has 0 saturated heterocycles. The fraction of sp³-hybridized carbons (Fsp3) is 0.364. The Labute approximate surface area is 92.3 Å². The predicted octanol–water partition coefficient (Wildman–Crippen LogP) is 1.83. The molecule has 0 aliphatic carbocycles. The Bertz CT molecular complexity index is 420. The van der Waals surface area contributed by atoms with Gasteiger partial charge in [0.15, 0.2) is 11.6 Å². The molecule has 1 unspecified atom stereocenters. The number of carbonyl (C=O) groups is 1. The Morgan fingerprint density at radius 2 is 1.88 bits per heavy atom. The summed E-state index contributed by atoms with van der Waals surface area (Å²) in [6, 6.07) is 3.10. The summed E-state index contributed by atoms with van der Waals surface area (Å²) in [7, 11) is 3.13. The van der Waals surface area contributed by atoms with E-state index in [4.69, 9.17) is 5.11 Å². The Morgan fingerprint density at radius 3 is 2.25 bits per heavy atom. The highest BCUT2D eigenvalue weighted by atomic mass is 19.2. The molecule has 0 amide bonds. The number of halogens is 2. The number of hydrogen-bond acceptors (Lipinski definition) is 2. The van der Waals surface area contributed by atoms with Crippen LogP contribution >= 0.6 is 0 Å². The molecule has 0 bridgehead atoms. The molecule has 0 spiro atoms. The fourth-order valence-corrected chi connectivity index (χ4v) is 1.37. The molecular weight excluding hydrogens is 216 g/mol. The lowest BCUT2D eigenvalue weighted by Gasteiger charge is -2.32. The third-order valence-electron chi connectivity index (χ3n) is 2.79. The van der Waals surface area contributed by atoms with Crippen LogP contribution in [0.25, 0.3) is 0 Å². The van der Waals surface area contributed by atoms with Crippen molar-refractivity contribution in [1.29, 1.82) is 0 Å². The second-order valence-corrected chi connectivity index (χ2v) is 3.90. The van der Waals surface area contributed by atoms with E-state index >= 15 is 0 Å². The normalized spacial score (nSPS) is 14.9. The lowest BCUT2D eigenvalue weighted by Crippen LogP contribution is -2.45. The standard InChI is InChI=1S/C11H13F2NO2/c1-11(10(15)16,14(2)3)7-4-5-8(12)9(13)6-7/h4-6H,1-3H3,(H,15,16). The van der Waals surface area contributed by atoms with Crippen LogP contribution in [-0.4, -0.2) is 30.1 Å². The first kappa shape index (κ1) is 12.6. The molecular formula is C11H13F2NO2. The van der Waals surface area contributed by atoms with Crippen molar-refractivity contribution < 1.29 is 18.7 Å². The maximum Gasteiger partial charge on any atom is 0.328 e. The first-order chi connectivity index (χ1) is 7.30. The van der Waals surface area contributed by atoms with Crippen LogP contribution in [0.4, 0.5) is 8.78 Å². The van der Waals surface area contributed by atoms with Crippen LogP contribution in [0, 0.1) is 11.6 Å².